The molecular weight excluding hydrogens is 412 g/mol. The zero-order valence-electron chi connectivity index (χ0n) is 16.2. The summed E-state index contributed by atoms with van der Waals surface area (Å²) in [5, 5.41) is 27.3. The van der Waals surface area contributed by atoms with Gasteiger partial charge >= 0.3 is 0 Å². The van der Waals surface area contributed by atoms with Crippen LogP contribution in [0.5, 0.6) is 0 Å². The summed E-state index contributed by atoms with van der Waals surface area (Å²) in [6.07, 6.45) is 1.44. The van der Waals surface area contributed by atoms with Crippen molar-refractivity contribution in [3.05, 3.63) is 25.3 Å². The summed E-state index contributed by atoms with van der Waals surface area (Å²) >= 11 is 5.04. The molecule has 11 nitrogen and oxygen atoms in total. The number of fused-ring (bicyclic) bond motifs is 1. The molecule has 0 radical (unpaired) electrons. The second kappa shape index (κ2) is 9.18. The number of imidazole rings is 1. The Morgan fingerprint density at radius 3 is 3.00 bits per heavy atom. The van der Waals surface area contributed by atoms with Gasteiger partial charge in [0.25, 0.3) is 5.17 Å². The number of aliphatic hydroxyl groups is 2. The molecule has 2 aliphatic rings. The number of anilines is 1. The van der Waals surface area contributed by atoms with E-state index >= 15 is 0 Å². The zero-order chi connectivity index (χ0) is 21.1. The van der Waals surface area contributed by atoms with Crippen molar-refractivity contribution in [2.45, 2.75) is 37.0 Å². The van der Waals surface area contributed by atoms with Crippen LogP contribution in [0.4, 0.5) is 5.82 Å². The first-order valence-electron chi connectivity index (χ1n) is 9.63. The molecule has 0 saturated carbocycles. The molecule has 0 spiro atoms. The SMILES string of the molecule is C=CCNC(=S)OC[C@H]1OC(n2cnc3c(N[C@@H]4CCOC4)ncnc32)[C@H](O)[C@@H]1O. The lowest BCUT2D eigenvalue weighted by atomic mass is 10.1. The topological polar surface area (TPSA) is 136 Å². The summed E-state index contributed by atoms with van der Waals surface area (Å²) in [6.45, 7) is 5.34. The van der Waals surface area contributed by atoms with Crippen LogP contribution >= 0.6 is 12.2 Å². The standard InChI is InChI=1S/C18H24N6O5S/c1-2-4-19-18(30)28-7-11-13(25)14(26)17(29-11)24-9-22-12-15(20-8-21-16(12)24)23-10-3-5-27-6-10/h2,8-11,13-14,17,25-26H,1,3-7H2,(H,19,30)(H,20,21,23)/t10-,11-,13-,14-,17?/m1/s1. The molecule has 4 N–H and O–H groups in total. The molecule has 2 fully saturated rings. The highest BCUT2D eigenvalue weighted by Crippen LogP contribution is 2.32. The van der Waals surface area contributed by atoms with Crippen molar-refractivity contribution in [2.75, 3.05) is 31.7 Å². The first-order valence-corrected chi connectivity index (χ1v) is 10.0. The summed E-state index contributed by atoms with van der Waals surface area (Å²) in [4.78, 5) is 13.0. The number of ether oxygens (including phenoxy) is 3. The third-order valence-corrected chi connectivity index (χ3v) is 5.27. The number of nitrogens with one attached hydrogen (secondary N) is 2. The van der Waals surface area contributed by atoms with Crippen molar-refractivity contribution in [2.24, 2.45) is 0 Å². The summed E-state index contributed by atoms with van der Waals surface area (Å²) in [5.74, 6) is 0.584. The third kappa shape index (κ3) is 4.23. The van der Waals surface area contributed by atoms with Crippen LogP contribution in [0.25, 0.3) is 11.2 Å². The van der Waals surface area contributed by atoms with E-state index in [0.717, 1.165) is 6.42 Å². The van der Waals surface area contributed by atoms with Crippen LogP contribution in [0.2, 0.25) is 0 Å². The van der Waals surface area contributed by atoms with Gasteiger partial charge < -0.3 is 35.1 Å². The molecule has 0 aromatic carbocycles. The zero-order valence-corrected chi connectivity index (χ0v) is 17.0. The minimum atomic E-state index is -1.19. The fraction of sp³-hybridized carbons (Fsp3) is 0.556. The Bertz CT molecular complexity index is 904. The Kier molecular flexibility index (Phi) is 6.39. The highest BCUT2D eigenvalue weighted by molar-refractivity contribution is 7.80. The number of aromatic nitrogens is 4. The number of hydrogen-bond acceptors (Lipinski definition) is 10. The maximum atomic E-state index is 10.5. The van der Waals surface area contributed by atoms with Crippen molar-refractivity contribution >= 4 is 34.4 Å². The smallest absolute Gasteiger partial charge is 0.256 e. The van der Waals surface area contributed by atoms with E-state index < -0.39 is 24.5 Å². The minimum absolute atomic E-state index is 0.0200. The lowest BCUT2D eigenvalue weighted by Gasteiger charge is -2.17. The number of nitrogens with zero attached hydrogens (tertiary/aromatic N) is 4. The Balaban J connectivity index is 1.48. The predicted molar refractivity (Wildman–Crippen MR) is 111 cm³/mol. The van der Waals surface area contributed by atoms with Crippen LogP contribution in [0, 0.1) is 0 Å². The van der Waals surface area contributed by atoms with Gasteiger partial charge in [0, 0.05) is 13.2 Å². The van der Waals surface area contributed by atoms with Gasteiger partial charge in [-0.3, -0.25) is 4.57 Å². The summed E-state index contributed by atoms with van der Waals surface area (Å²) in [6, 6.07) is 0.156. The van der Waals surface area contributed by atoms with E-state index in [1.54, 1.807) is 10.6 Å². The highest BCUT2D eigenvalue weighted by atomic mass is 32.1. The van der Waals surface area contributed by atoms with Crippen molar-refractivity contribution in [1.29, 1.82) is 0 Å². The molecule has 2 aromatic rings. The summed E-state index contributed by atoms with van der Waals surface area (Å²) < 4.78 is 18.2. The molecule has 12 heteroatoms. The summed E-state index contributed by atoms with van der Waals surface area (Å²) in [7, 11) is 0. The predicted octanol–water partition coefficient (Wildman–Crippen LogP) is -0.277. The molecule has 30 heavy (non-hydrogen) atoms. The molecular formula is C18H24N6O5S. The first kappa shape index (κ1) is 20.9. The van der Waals surface area contributed by atoms with Gasteiger partial charge in [0.05, 0.1) is 19.0 Å². The molecule has 0 amide bonds. The van der Waals surface area contributed by atoms with Gasteiger partial charge in [-0.05, 0) is 18.6 Å². The first-order chi connectivity index (χ1) is 14.6. The quantitative estimate of drug-likeness (QED) is 0.337. The van der Waals surface area contributed by atoms with Gasteiger partial charge in [-0.25, -0.2) is 15.0 Å². The van der Waals surface area contributed by atoms with Crippen molar-refractivity contribution in [1.82, 2.24) is 24.8 Å². The molecule has 2 saturated heterocycles. The van der Waals surface area contributed by atoms with Gasteiger partial charge in [-0.2, -0.15) is 0 Å². The Morgan fingerprint density at radius 2 is 2.23 bits per heavy atom. The molecule has 4 heterocycles. The summed E-state index contributed by atoms with van der Waals surface area (Å²) in [5.41, 5.74) is 1.02. The molecule has 2 aromatic heterocycles. The van der Waals surface area contributed by atoms with E-state index in [1.165, 1.54) is 12.7 Å². The molecule has 1 unspecified atom stereocenters. The Labute approximate surface area is 178 Å². The second-order valence-corrected chi connectivity index (χ2v) is 7.44. The van der Waals surface area contributed by atoms with E-state index in [-0.39, 0.29) is 17.8 Å². The molecule has 0 aliphatic carbocycles. The van der Waals surface area contributed by atoms with Crippen molar-refractivity contribution in [3.8, 4) is 0 Å². The van der Waals surface area contributed by atoms with Gasteiger partial charge in [-0.15, -0.1) is 6.58 Å². The van der Waals surface area contributed by atoms with E-state index in [1.807, 2.05) is 0 Å². The van der Waals surface area contributed by atoms with Gasteiger partial charge in [0.15, 0.2) is 23.2 Å². The molecule has 162 valence electrons. The van der Waals surface area contributed by atoms with E-state index in [4.69, 9.17) is 26.4 Å². The van der Waals surface area contributed by atoms with Crippen LogP contribution in [-0.2, 0) is 14.2 Å². The van der Waals surface area contributed by atoms with Crippen LogP contribution in [0.1, 0.15) is 12.6 Å². The lowest BCUT2D eigenvalue weighted by molar-refractivity contribution is -0.0491. The van der Waals surface area contributed by atoms with E-state index in [2.05, 4.69) is 32.2 Å². The molecule has 4 rings (SSSR count). The maximum absolute atomic E-state index is 10.5. The average Bonchev–Trinajstić information content (AvgIpc) is 3.47. The van der Waals surface area contributed by atoms with Crippen LogP contribution < -0.4 is 10.6 Å². The third-order valence-electron chi connectivity index (χ3n) is 5.01. The maximum Gasteiger partial charge on any atom is 0.256 e. The average molecular weight is 436 g/mol. The van der Waals surface area contributed by atoms with Crippen LogP contribution in [-0.4, -0.2) is 85.6 Å². The fourth-order valence-corrected chi connectivity index (χ4v) is 3.60. The van der Waals surface area contributed by atoms with Crippen LogP contribution in [0.15, 0.2) is 25.3 Å². The second-order valence-electron chi connectivity index (χ2n) is 7.07. The normalized spacial score (nSPS) is 28.5. The van der Waals surface area contributed by atoms with Crippen LogP contribution in [0.3, 0.4) is 0 Å². The van der Waals surface area contributed by atoms with Gasteiger partial charge in [0.1, 0.15) is 31.2 Å². The van der Waals surface area contributed by atoms with E-state index in [9.17, 15) is 10.2 Å². The number of thiocarbonyl (C=S) groups is 1. The lowest BCUT2D eigenvalue weighted by Crippen LogP contribution is -2.35. The monoisotopic (exact) mass is 436 g/mol. The number of aliphatic hydroxyl groups excluding tert-OH is 2. The minimum Gasteiger partial charge on any atom is -0.468 e. The van der Waals surface area contributed by atoms with Crippen molar-refractivity contribution in [3.63, 3.8) is 0 Å². The van der Waals surface area contributed by atoms with Gasteiger partial charge in [0.2, 0.25) is 0 Å². The fourth-order valence-electron chi connectivity index (χ4n) is 3.45. The number of hydrogen-bond donors (Lipinski definition) is 4. The molecule has 0 bridgehead atoms. The highest BCUT2D eigenvalue weighted by Gasteiger charge is 2.44. The number of rotatable bonds is 7. The Hall–Kier alpha value is -2.38. The molecule has 5 atom stereocenters. The Morgan fingerprint density at radius 1 is 1.37 bits per heavy atom. The van der Waals surface area contributed by atoms with E-state index in [0.29, 0.717) is 36.7 Å². The largest absolute Gasteiger partial charge is 0.468 e. The van der Waals surface area contributed by atoms with Crippen molar-refractivity contribution < 1.29 is 24.4 Å². The van der Waals surface area contributed by atoms with Gasteiger partial charge in [-0.1, -0.05) is 6.08 Å². The molecule has 2 aliphatic heterocycles.